The van der Waals surface area contributed by atoms with Crippen LogP contribution in [0.3, 0.4) is 0 Å². The first-order valence-electron chi connectivity index (χ1n) is 4.99. The predicted octanol–water partition coefficient (Wildman–Crippen LogP) is 1.14. The zero-order valence-electron chi connectivity index (χ0n) is 8.11. The van der Waals surface area contributed by atoms with Gasteiger partial charge in [-0.15, -0.1) is 0 Å². The molecule has 0 saturated heterocycles. The first kappa shape index (κ1) is 9.34. The number of aromatic hydroxyl groups is 1. The van der Waals surface area contributed by atoms with Crippen molar-refractivity contribution >= 4 is 5.69 Å². The van der Waals surface area contributed by atoms with Crippen LogP contribution in [0.1, 0.15) is 12.0 Å². The van der Waals surface area contributed by atoms with Crippen LogP contribution in [0.15, 0.2) is 18.2 Å². The SMILES string of the molecule is OCCN1CCCc2ccc(O)cc21. The minimum Gasteiger partial charge on any atom is -0.508 e. The van der Waals surface area contributed by atoms with E-state index in [2.05, 4.69) is 4.90 Å². The van der Waals surface area contributed by atoms with E-state index in [0.717, 1.165) is 25.1 Å². The number of benzene rings is 1. The number of fused-ring (bicyclic) bond motifs is 1. The minimum absolute atomic E-state index is 0.162. The molecule has 14 heavy (non-hydrogen) atoms. The minimum atomic E-state index is 0.162. The number of hydrogen-bond donors (Lipinski definition) is 2. The molecule has 1 aliphatic heterocycles. The molecule has 0 radical (unpaired) electrons. The molecule has 0 atom stereocenters. The molecule has 1 aromatic carbocycles. The number of anilines is 1. The van der Waals surface area contributed by atoms with Gasteiger partial charge in [0, 0.05) is 24.8 Å². The van der Waals surface area contributed by atoms with E-state index in [0.29, 0.717) is 12.3 Å². The van der Waals surface area contributed by atoms with Crippen molar-refractivity contribution in [3.63, 3.8) is 0 Å². The Morgan fingerprint density at radius 1 is 1.36 bits per heavy atom. The lowest BCUT2D eigenvalue weighted by Gasteiger charge is -2.30. The number of aliphatic hydroxyl groups is 1. The van der Waals surface area contributed by atoms with Gasteiger partial charge in [0.05, 0.1) is 6.61 Å². The molecular weight excluding hydrogens is 178 g/mol. The van der Waals surface area contributed by atoms with E-state index in [4.69, 9.17) is 5.11 Å². The summed E-state index contributed by atoms with van der Waals surface area (Å²) in [6.07, 6.45) is 2.19. The fourth-order valence-electron chi connectivity index (χ4n) is 1.99. The summed E-state index contributed by atoms with van der Waals surface area (Å²) < 4.78 is 0. The Labute approximate surface area is 83.6 Å². The second kappa shape index (κ2) is 3.88. The van der Waals surface area contributed by atoms with E-state index in [1.807, 2.05) is 6.07 Å². The van der Waals surface area contributed by atoms with E-state index in [9.17, 15) is 5.11 Å². The lowest BCUT2D eigenvalue weighted by atomic mass is 10.0. The monoisotopic (exact) mass is 193 g/mol. The molecule has 3 nitrogen and oxygen atoms in total. The van der Waals surface area contributed by atoms with Crippen molar-refractivity contribution in [2.45, 2.75) is 12.8 Å². The second-order valence-corrected chi connectivity index (χ2v) is 3.63. The topological polar surface area (TPSA) is 43.7 Å². The third-order valence-corrected chi connectivity index (χ3v) is 2.65. The molecule has 0 spiro atoms. The zero-order chi connectivity index (χ0) is 9.97. The highest BCUT2D eigenvalue weighted by Gasteiger charge is 2.16. The third kappa shape index (κ3) is 1.68. The molecule has 1 aromatic rings. The zero-order valence-corrected chi connectivity index (χ0v) is 8.11. The number of nitrogens with zero attached hydrogens (tertiary/aromatic N) is 1. The van der Waals surface area contributed by atoms with Crippen LogP contribution in [0, 0.1) is 0 Å². The number of aryl methyl sites for hydroxylation is 1. The number of β-amino-alcohol motifs (C(OH)–C–C–N with tert-alkyl or cyclic N) is 1. The Bertz CT molecular complexity index is 325. The number of phenolic OH excluding ortho intramolecular Hbond substituents is 1. The number of phenols is 1. The van der Waals surface area contributed by atoms with Gasteiger partial charge in [0.15, 0.2) is 0 Å². The van der Waals surface area contributed by atoms with Gasteiger partial charge in [-0.3, -0.25) is 0 Å². The van der Waals surface area contributed by atoms with Crippen molar-refractivity contribution in [3.05, 3.63) is 23.8 Å². The first-order chi connectivity index (χ1) is 6.81. The Balaban J connectivity index is 2.32. The fourth-order valence-corrected chi connectivity index (χ4v) is 1.99. The molecule has 0 bridgehead atoms. The normalized spacial score (nSPS) is 15.4. The smallest absolute Gasteiger partial charge is 0.117 e. The summed E-state index contributed by atoms with van der Waals surface area (Å²) in [5, 5.41) is 18.3. The quantitative estimate of drug-likeness (QED) is 0.740. The summed E-state index contributed by atoms with van der Waals surface area (Å²) >= 11 is 0. The molecule has 2 rings (SSSR count). The van der Waals surface area contributed by atoms with Gasteiger partial charge in [-0.2, -0.15) is 0 Å². The van der Waals surface area contributed by atoms with Gasteiger partial charge in [-0.25, -0.2) is 0 Å². The molecule has 1 aliphatic rings. The summed E-state index contributed by atoms with van der Waals surface area (Å²) in [5.74, 6) is 0.300. The Hall–Kier alpha value is -1.22. The van der Waals surface area contributed by atoms with Crippen molar-refractivity contribution in [2.24, 2.45) is 0 Å². The molecule has 0 amide bonds. The highest BCUT2D eigenvalue weighted by atomic mass is 16.3. The summed E-state index contributed by atoms with van der Waals surface area (Å²) in [5.41, 5.74) is 2.34. The number of aliphatic hydroxyl groups excluding tert-OH is 1. The summed E-state index contributed by atoms with van der Waals surface area (Å²) in [4.78, 5) is 2.12. The van der Waals surface area contributed by atoms with Crippen molar-refractivity contribution in [1.29, 1.82) is 0 Å². The van der Waals surface area contributed by atoms with Crippen LogP contribution in [-0.2, 0) is 6.42 Å². The molecule has 0 aromatic heterocycles. The van der Waals surface area contributed by atoms with Crippen LogP contribution in [0.25, 0.3) is 0 Å². The van der Waals surface area contributed by atoms with E-state index < -0.39 is 0 Å². The van der Waals surface area contributed by atoms with Gasteiger partial charge in [0.25, 0.3) is 0 Å². The molecule has 0 unspecified atom stereocenters. The van der Waals surface area contributed by atoms with E-state index >= 15 is 0 Å². The van der Waals surface area contributed by atoms with Gasteiger partial charge >= 0.3 is 0 Å². The van der Waals surface area contributed by atoms with Gasteiger partial charge in [0.2, 0.25) is 0 Å². The van der Waals surface area contributed by atoms with Crippen molar-refractivity contribution in [2.75, 3.05) is 24.6 Å². The Morgan fingerprint density at radius 3 is 3.00 bits per heavy atom. The van der Waals surface area contributed by atoms with Crippen molar-refractivity contribution in [1.82, 2.24) is 0 Å². The largest absolute Gasteiger partial charge is 0.508 e. The number of rotatable bonds is 2. The van der Waals surface area contributed by atoms with E-state index in [-0.39, 0.29) is 6.61 Å². The van der Waals surface area contributed by atoms with Crippen molar-refractivity contribution in [3.8, 4) is 5.75 Å². The maximum atomic E-state index is 9.39. The van der Waals surface area contributed by atoms with E-state index in [1.54, 1.807) is 12.1 Å². The molecule has 2 N–H and O–H groups in total. The Kier molecular flexibility index (Phi) is 2.59. The summed E-state index contributed by atoms with van der Waals surface area (Å²) in [6, 6.07) is 5.47. The van der Waals surface area contributed by atoms with Gasteiger partial charge in [-0.1, -0.05) is 6.07 Å². The predicted molar refractivity (Wildman–Crippen MR) is 55.7 cm³/mol. The lowest BCUT2D eigenvalue weighted by Crippen LogP contribution is -2.31. The maximum Gasteiger partial charge on any atom is 0.117 e. The van der Waals surface area contributed by atoms with Gasteiger partial charge in [0.1, 0.15) is 5.75 Å². The van der Waals surface area contributed by atoms with Crippen molar-refractivity contribution < 1.29 is 10.2 Å². The van der Waals surface area contributed by atoms with Gasteiger partial charge in [-0.05, 0) is 24.5 Å². The standard InChI is InChI=1S/C11H15NO2/c13-7-6-12-5-1-2-9-3-4-10(14)8-11(9)12/h3-4,8,13-14H,1-2,5-7H2. The van der Waals surface area contributed by atoms with Crippen LogP contribution in [-0.4, -0.2) is 29.9 Å². The van der Waals surface area contributed by atoms with Crippen LogP contribution >= 0.6 is 0 Å². The summed E-state index contributed by atoms with van der Waals surface area (Å²) in [7, 11) is 0. The van der Waals surface area contributed by atoms with Crippen LogP contribution in [0.5, 0.6) is 5.75 Å². The third-order valence-electron chi connectivity index (χ3n) is 2.65. The first-order valence-corrected chi connectivity index (χ1v) is 4.99. The summed E-state index contributed by atoms with van der Waals surface area (Å²) in [6.45, 7) is 1.78. The van der Waals surface area contributed by atoms with Gasteiger partial charge < -0.3 is 15.1 Å². The molecule has 0 saturated carbocycles. The van der Waals surface area contributed by atoms with Crippen LogP contribution in [0.4, 0.5) is 5.69 Å². The van der Waals surface area contributed by atoms with Crippen LogP contribution < -0.4 is 4.90 Å². The molecule has 3 heteroatoms. The lowest BCUT2D eigenvalue weighted by molar-refractivity contribution is 0.301. The molecule has 0 fully saturated rings. The molecule has 0 aliphatic carbocycles. The Morgan fingerprint density at radius 2 is 2.21 bits per heavy atom. The van der Waals surface area contributed by atoms with E-state index in [1.165, 1.54) is 5.56 Å². The fraction of sp³-hybridized carbons (Fsp3) is 0.455. The number of hydrogen-bond acceptors (Lipinski definition) is 3. The molecule has 1 heterocycles. The molecular formula is C11H15NO2. The maximum absolute atomic E-state index is 9.39. The van der Waals surface area contributed by atoms with Crippen LogP contribution in [0.2, 0.25) is 0 Å². The highest BCUT2D eigenvalue weighted by Crippen LogP contribution is 2.29. The highest BCUT2D eigenvalue weighted by molar-refractivity contribution is 5.58. The second-order valence-electron chi connectivity index (χ2n) is 3.63. The molecule has 76 valence electrons. The average molecular weight is 193 g/mol. The average Bonchev–Trinajstić information content (AvgIpc) is 2.19.